The van der Waals surface area contributed by atoms with Gasteiger partial charge in [0.2, 0.25) is 0 Å². The highest BCUT2D eigenvalue weighted by Crippen LogP contribution is 2.27. The number of hydrogen-bond acceptors (Lipinski definition) is 4. The molecule has 0 aliphatic heterocycles. The highest BCUT2D eigenvalue weighted by molar-refractivity contribution is 5.68. The van der Waals surface area contributed by atoms with Crippen molar-refractivity contribution in [3.63, 3.8) is 0 Å². The minimum Gasteiger partial charge on any atom is -0.383 e. The van der Waals surface area contributed by atoms with Gasteiger partial charge in [-0.3, -0.25) is 0 Å². The fourth-order valence-corrected chi connectivity index (χ4v) is 2.06. The lowest BCUT2D eigenvalue weighted by Gasteiger charge is -2.02. The van der Waals surface area contributed by atoms with Crippen LogP contribution in [0, 0.1) is 13.8 Å². The second-order valence-electron chi connectivity index (χ2n) is 4.63. The van der Waals surface area contributed by atoms with Crippen LogP contribution in [-0.4, -0.2) is 19.7 Å². The lowest BCUT2D eigenvalue weighted by molar-refractivity contribution is 0.893. The van der Waals surface area contributed by atoms with Crippen LogP contribution in [0.1, 0.15) is 11.4 Å². The van der Waals surface area contributed by atoms with Crippen molar-refractivity contribution in [2.75, 3.05) is 5.73 Å². The summed E-state index contributed by atoms with van der Waals surface area (Å²) in [7, 11) is 0. The van der Waals surface area contributed by atoms with Gasteiger partial charge in [0.15, 0.2) is 0 Å². The highest BCUT2D eigenvalue weighted by Gasteiger charge is 2.14. The molecule has 5 nitrogen and oxygen atoms in total. The summed E-state index contributed by atoms with van der Waals surface area (Å²) in [6, 6.07) is 9.82. The van der Waals surface area contributed by atoms with E-state index in [9.17, 15) is 0 Å². The van der Waals surface area contributed by atoms with Gasteiger partial charge in [-0.1, -0.05) is 18.2 Å². The Morgan fingerprint density at radius 3 is 2.30 bits per heavy atom. The maximum atomic E-state index is 6.16. The summed E-state index contributed by atoms with van der Waals surface area (Å²) in [4.78, 5) is 8.41. The fraction of sp³-hybridized carbons (Fsp3) is 0.133. The van der Waals surface area contributed by atoms with E-state index in [-0.39, 0.29) is 0 Å². The molecule has 0 aliphatic carbocycles. The van der Waals surface area contributed by atoms with E-state index in [2.05, 4.69) is 15.1 Å². The topological polar surface area (TPSA) is 69.6 Å². The predicted molar refractivity (Wildman–Crippen MR) is 78.5 cm³/mol. The molecule has 5 heteroatoms. The zero-order chi connectivity index (χ0) is 14.1. The molecule has 0 fully saturated rings. The van der Waals surface area contributed by atoms with Crippen LogP contribution in [0.3, 0.4) is 0 Å². The molecule has 0 saturated heterocycles. The van der Waals surface area contributed by atoms with Gasteiger partial charge in [0, 0.05) is 23.5 Å². The molecular weight excluding hydrogens is 250 g/mol. The molecule has 100 valence electrons. The van der Waals surface area contributed by atoms with Gasteiger partial charge in [-0.25, -0.2) is 14.6 Å². The number of hydrogen-bond donors (Lipinski definition) is 1. The molecule has 2 N–H and O–H groups in total. The molecule has 1 aromatic carbocycles. The van der Waals surface area contributed by atoms with Crippen molar-refractivity contribution in [1.82, 2.24) is 19.7 Å². The minimum atomic E-state index is 0.631. The molecule has 3 aromatic rings. The van der Waals surface area contributed by atoms with Crippen molar-refractivity contribution >= 4 is 5.82 Å². The van der Waals surface area contributed by atoms with Crippen molar-refractivity contribution in [2.24, 2.45) is 0 Å². The van der Waals surface area contributed by atoms with Crippen LogP contribution in [0.4, 0.5) is 5.82 Å². The predicted octanol–water partition coefficient (Wildman–Crippen LogP) is 2.53. The van der Waals surface area contributed by atoms with Gasteiger partial charge in [0.1, 0.15) is 17.3 Å². The van der Waals surface area contributed by atoms with E-state index in [1.807, 2.05) is 44.2 Å². The molecule has 3 rings (SSSR count). The lowest BCUT2D eigenvalue weighted by Crippen LogP contribution is -2.01. The van der Waals surface area contributed by atoms with Crippen LogP contribution in [0.2, 0.25) is 0 Å². The van der Waals surface area contributed by atoms with Gasteiger partial charge >= 0.3 is 0 Å². The number of nitrogens with two attached hydrogens (primary N) is 1. The number of nitrogens with zero attached hydrogens (tertiary/aromatic N) is 4. The van der Waals surface area contributed by atoms with Gasteiger partial charge in [-0.05, 0) is 26.0 Å². The van der Waals surface area contributed by atoms with Crippen molar-refractivity contribution in [3.05, 3.63) is 54.1 Å². The van der Waals surface area contributed by atoms with Gasteiger partial charge in [-0.15, -0.1) is 0 Å². The van der Waals surface area contributed by atoms with E-state index in [0.29, 0.717) is 5.82 Å². The highest BCUT2D eigenvalue weighted by atomic mass is 15.3. The fourth-order valence-electron chi connectivity index (χ4n) is 2.06. The van der Waals surface area contributed by atoms with Gasteiger partial charge in [0.05, 0.1) is 5.69 Å². The molecule has 2 aromatic heterocycles. The number of nitrogen functional groups attached to an aromatic ring is 1. The molecule has 0 atom stereocenters. The smallest absolute Gasteiger partial charge is 0.130 e. The number of aromatic nitrogens is 4. The average Bonchev–Trinajstić information content (AvgIpc) is 2.77. The molecule has 0 amide bonds. The number of benzene rings is 1. The molecule has 0 aliphatic rings. The van der Waals surface area contributed by atoms with Crippen LogP contribution in [0.15, 0.2) is 42.7 Å². The van der Waals surface area contributed by atoms with Crippen molar-refractivity contribution in [2.45, 2.75) is 13.8 Å². The van der Waals surface area contributed by atoms with Crippen molar-refractivity contribution < 1.29 is 0 Å². The number of aryl methyl sites for hydroxylation is 1. The van der Waals surface area contributed by atoms with Gasteiger partial charge in [-0.2, -0.15) is 5.10 Å². The summed E-state index contributed by atoms with van der Waals surface area (Å²) in [5, 5.41) is 4.59. The van der Waals surface area contributed by atoms with E-state index < -0.39 is 0 Å². The third kappa shape index (κ3) is 2.03. The van der Waals surface area contributed by atoms with Gasteiger partial charge in [0.25, 0.3) is 0 Å². The van der Waals surface area contributed by atoms with Gasteiger partial charge < -0.3 is 5.73 Å². The molecule has 0 spiro atoms. The van der Waals surface area contributed by atoms with E-state index in [4.69, 9.17) is 5.73 Å². The van der Waals surface area contributed by atoms with E-state index in [1.54, 1.807) is 17.1 Å². The zero-order valence-electron chi connectivity index (χ0n) is 11.4. The molecular formula is C15H15N5. The Morgan fingerprint density at radius 1 is 1.00 bits per heavy atom. The summed E-state index contributed by atoms with van der Waals surface area (Å²) >= 11 is 0. The Kier molecular flexibility index (Phi) is 2.95. The SMILES string of the molecule is Cc1ncc(-c2nn(-c3ccccc3)c(N)c2C)cn1. The Bertz CT molecular complexity index is 729. The second kappa shape index (κ2) is 4.77. The largest absolute Gasteiger partial charge is 0.383 e. The number of para-hydroxylation sites is 1. The van der Waals surface area contributed by atoms with Crippen LogP contribution in [-0.2, 0) is 0 Å². The number of rotatable bonds is 2. The van der Waals surface area contributed by atoms with Crippen molar-refractivity contribution in [3.8, 4) is 16.9 Å². The monoisotopic (exact) mass is 265 g/mol. The first-order valence-electron chi connectivity index (χ1n) is 6.36. The second-order valence-corrected chi connectivity index (χ2v) is 4.63. The summed E-state index contributed by atoms with van der Waals surface area (Å²) < 4.78 is 1.74. The zero-order valence-corrected chi connectivity index (χ0v) is 11.4. The summed E-state index contributed by atoms with van der Waals surface area (Å²) in [5.41, 5.74) is 9.71. The average molecular weight is 265 g/mol. The molecule has 2 heterocycles. The Labute approximate surface area is 117 Å². The molecule has 20 heavy (non-hydrogen) atoms. The number of anilines is 1. The van der Waals surface area contributed by atoms with Crippen LogP contribution in [0.5, 0.6) is 0 Å². The quantitative estimate of drug-likeness (QED) is 0.773. The first kappa shape index (κ1) is 12.3. The third-order valence-electron chi connectivity index (χ3n) is 3.22. The molecule has 0 saturated carbocycles. The summed E-state index contributed by atoms with van der Waals surface area (Å²) in [6.07, 6.45) is 3.54. The van der Waals surface area contributed by atoms with Crippen LogP contribution in [0.25, 0.3) is 16.9 Å². The van der Waals surface area contributed by atoms with E-state index in [1.165, 1.54) is 0 Å². The van der Waals surface area contributed by atoms with Crippen LogP contribution < -0.4 is 5.73 Å². The van der Waals surface area contributed by atoms with Crippen LogP contribution >= 0.6 is 0 Å². The first-order chi connectivity index (χ1) is 9.66. The Hall–Kier alpha value is -2.69. The summed E-state index contributed by atoms with van der Waals surface area (Å²) in [6.45, 7) is 3.81. The van der Waals surface area contributed by atoms with E-state index in [0.717, 1.165) is 28.3 Å². The third-order valence-corrected chi connectivity index (χ3v) is 3.22. The molecule has 0 bridgehead atoms. The summed E-state index contributed by atoms with van der Waals surface area (Å²) in [5.74, 6) is 1.37. The van der Waals surface area contributed by atoms with E-state index >= 15 is 0 Å². The maximum absolute atomic E-state index is 6.16. The maximum Gasteiger partial charge on any atom is 0.130 e. The minimum absolute atomic E-state index is 0.631. The normalized spacial score (nSPS) is 10.7. The molecule has 0 radical (unpaired) electrons. The lowest BCUT2D eigenvalue weighted by atomic mass is 10.1. The Balaban J connectivity index is 2.13. The Morgan fingerprint density at radius 2 is 1.65 bits per heavy atom. The standard InChI is InChI=1S/C15H15N5/c1-10-14(12-8-17-11(2)18-9-12)19-20(15(10)16)13-6-4-3-5-7-13/h3-9H,16H2,1-2H3. The molecule has 0 unspecified atom stereocenters. The first-order valence-corrected chi connectivity index (χ1v) is 6.36. The van der Waals surface area contributed by atoms with Crippen molar-refractivity contribution in [1.29, 1.82) is 0 Å².